The van der Waals surface area contributed by atoms with E-state index in [2.05, 4.69) is 6.92 Å². The van der Waals surface area contributed by atoms with Crippen LogP contribution < -0.4 is 0 Å². The largest absolute Gasteiger partial charge is 0.317 e. The van der Waals surface area contributed by atoms with Gasteiger partial charge in [-0.05, 0) is 66.9 Å². The first-order valence-corrected chi connectivity index (χ1v) is 10.3. The Hall–Kier alpha value is -2.14. The first-order chi connectivity index (χ1) is 13.9. The van der Waals surface area contributed by atoms with Crippen molar-refractivity contribution in [2.75, 3.05) is 0 Å². The SMILES string of the molecule is CCC1CCC(c2ccc3c(c2)C=CC2(c4cc(F)c(F)c(F)c4)OC32F)CC1. The van der Waals surface area contributed by atoms with E-state index < -0.39 is 28.9 Å². The van der Waals surface area contributed by atoms with E-state index in [0.717, 1.165) is 36.5 Å². The van der Waals surface area contributed by atoms with Crippen molar-refractivity contribution in [2.45, 2.75) is 56.4 Å². The van der Waals surface area contributed by atoms with E-state index in [-0.39, 0.29) is 5.56 Å². The van der Waals surface area contributed by atoms with Crippen molar-refractivity contribution in [3.8, 4) is 0 Å². The summed E-state index contributed by atoms with van der Waals surface area (Å²) in [5.41, 5.74) is 0.574. The average Bonchev–Trinajstić information content (AvgIpc) is 3.39. The Morgan fingerprint density at radius 2 is 1.69 bits per heavy atom. The summed E-state index contributed by atoms with van der Waals surface area (Å²) < 4.78 is 61.8. The minimum atomic E-state index is -2.20. The van der Waals surface area contributed by atoms with E-state index in [0.29, 0.717) is 11.5 Å². The van der Waals surface area contributed by atoms with Crippen LogP contribution >= 0.6 is 0 Å². The van der Waals surface area contributed by atoms with Crippen molar-refractivity contribution < 1.29 is 22.3 Å². The molecule has 2 aromatic carbocycles. The van der Waals surface area contributed by atoms with Crippen molar-refractivity contribution in [2.24, 2.45) is 5.92 Å². The van der Waals surface area contributed by atoms with Gasteiger partial charge in [0.2, 0.25) is 0 Å². The standard InChI is InChI=1S/C24H22F4O/c1-2-14-3-5-15(6-4-14)16-7-8-19-17(11-16)9-10-23(24(19,28)29-23)18-12-20(25)22(27)21(26)13-18/h7-15H,2-6H2,1H3. The molecule has 1 saturated carbocycles. The molecule has 5 rings (SSSR count). The average molecular weight is 402 g/mol. The Morgan fingerprint density at radius 3 is 2.34 bits per heavy atom. The van der Waals surface area contributed by atoms with E-state index in [9.17, 15) is 13.2 Å². The molecule has 0 N–H and O–H groups in total. The molecule has 2 fully saturated rings. The zero-order chi connectivity index (χ0) is 20.4. The van der Waals surface area contributed by atoms with Crippen LogP contribution in [0.1, 0.15) is 67.2 Å². The predicted molar refractivity (Wildman–Crippen MR) is 102 cm³/mol. The highest BCUT2D eigenvalue weighted by atomic mass is 19.2. The van der Waals surface area contributed by atoms with Gasteiger partial charge in [0.15, 0.2) is 23.1 Å². The Balaban J connectivity index is 1.47. The van der Waals surface area contributed by atoms with Crippen molar-refractivity contribution in [1.29, 1.82) is 0 Å². The molecule has 0 radical (unpaired) electrons. The number of ether oxygens (including phenoxy) is 1. The van der Waals surface area contributed by atoms with Crippen LogP contribution in [0.5, 0.6) is 0 Å². The number of epoxide rings is 1. The fourth-order valence-corrected chi connectivity index (χ4v) is 5.08. The number of alkyl halides is 1. The Morgan fingerprint density at radius 1 is 1.00 bits per heavy atom. The quantitative estimate of drug-likeness (QED) is 0.310. The third kappa shape index (κ3) is 2.70. The molecule has 0 bridgehead atoms. The molecule has 5 heteroatoms. The van der Waals surface area contributed by atoms with Gasteiger partial charge < -0.3 is 4.74 Å². The second-order valence-electron chi connectivity index (χ2n) is 8.49. The molecule has 0 spiro atoms. The lowest BCUT2D eigenvalue weighted by Crippen LogP contribution is -2.21. The molecule has 2 aromatic rings. The van der Waals surface area contributed by atoms with Crippen molar-refractivity contribution in [1.82, 2.24) is 0 Å². The number of halogens is 4. The van der Waals surface area contributed by atoms with Gasteiger partial charge in [-0.2, -0.15) is 0 Å². The molecule has 3 aliphatic rings. The molecule has 0 amide bonds. The fraction of sp³-hybridized carbons (Fsp3) is 0.417. The molecule has 29 heavy (non-hydrogen) atoms. The molecular weight excluding hydrogens is 380 g/mol. The van der Waals surface area contributed by atoms with Gasteiger partial charge in [-0.3, -0.25) is 0 Å². The van der Waals surface area contributed by atoms with Crippen LogP contribution in [-0.4, -0.2) is 0 Å². The second-order valence-corrected chi connectivity index (χ2v) is 8.49. The highest BCUT2D eigenvalue weighted by Crippen LogP contribution is 2.67. The van der Waals surface area contributed by atoms with E-state index in [1.807, 2.05) is 12.1 Å². The molecule has 1 nitrogen and oxygen atoms in total. The van der Waals surface area contributed by atoms with Crippen LogP contribution in [0.15, 0.2) is 36.4 Å². The predicted octanol–water partition coefficient (Wildman–Crippen LogP) is 6.86. The maximum atomic E-state index is 15.7. The van der Waals surface area contributed by atoms with E-state index in [1.165, 1.54) is 30.9 Å². The minimum absolute atomic E-state index is 0.0692. The molecule has 1 aliphatic heterocycles. The van der Waals surface area contributed by atoms with Gasteiger partial charge in [0.1, 0.15) is 0 Å². The van der Waals surface area contributed by atoms with Gasteiger partial charge in [-0.25, -0.2) is 17.6 Å². The normalized spacial score (nSPS) is 32.6. The topological polar surface area (TPSA) is 12.5 Å². The summed E-state index contributed by atoms with van der Waals surface area (Å²) in [5, 5.41) is 0. The molecule has 152 valence electrons. The number of rotatable bonds is 3. The summed E-state index contributed by atoms with van der Waals surface area (Å²) >= 11 is 0. The van der Waals surface area contributed by atoms with Crippen LogP contribution in [-0.2, 0) is 16.2 Å². The van der Waals surface area contributed by atoms with Gasteiger partial charge >= 0.3 is 0 Å². The molecule has 1 heterocycles. The van der Waals surface area contributed by atoms with Crippen LogP contribution in [0.3, 0.4) is 0 Å². The van der Waals surface area contributed by atoms with Gasteiger partial charge in [0.25, 0.3) is 5.85 Å². The van der Waals surface area contributed by atoms with Crippen LogP contribution in [0.4, 0.5) is 17.6 Å². The maximum absolute atomic E-state index is 15.7. The molecule has 2 unspecified atom stereocenters. The smallest absolute Gasteiger partial charge is 0.274 e. The van der Waals surface area contributed by atoms with Gasteiger partial charge in [-0.15, -0.1) is 0 Å². The van der Waals surface area contributed by atoms with E-state index in [1.54, 1.807) is 12.1 Å². The third-order valence-corrected chi connectivity index (χ3v) is 6.97. The Bertz CT molecular complexity index is 985. The molecule has 1 saturated heterocycles. The third-order valence-electron chi connectivity index (χ3n) is 6.97. The number of hydrogen-bond acceptors (Lipinski definition) is 1. The summed E-state index contributed by atoms with van der Waals surface area (Å²) in [7, 11) is 0. The summed E-state index contributed by atoms with van der Waals surface area (Å²) in [5.74, 6) is -5.22. The van der Waals surface area contributed by atoms with Crippen LogP contribution in [0.2, 0.25) is 0 Å². The zero-order valence-electron chi connectivity index (χ0n) is 16.2. The van der Waals surface area contributed by atoms with Crippen LogP contribution in [0.25, 0.3) is 6.08 Å². The minimum Gasteiger partial charge on any atom is -0.317 e. The van der Waals surface area contributed by atoms with E-state index in [4.69, 9.17) is 4.74 Å². The first-order valence-electron chi connectivity index (χ1n) is 10.3. The number of hydrogen-bond donors (Lipinski definition) is 0. The Labute approximate surface area is 167 Å². The monoisotopic (exact) mass is 402 g/mol. The summed E-state index contributed by atoms with van der Waals surface area (Å²) in [6.07, 6.45) is 9.14. The lowest BCUT2D eigenvalue weighted by molar-refractivity contribution is 0.140. The summed E-state index contributed by atoms with van der Waals surface area (Å²) in [4.78, 5) is 0. The highest BCUT2D eigenvalue weighted by molar-refractivity contribution is 5.66. The van der Waals surface area contributed by atoms with Crippen LogP contribution in [0, 0.1) is 23.4 Å². The van der Waals surface area contributed by atoms with E-state index >= 15 is 4.39 Å². The zero-order valence-corrected chi connectivity index (χ0v) is 16.2. The van der Waals surface area contributed by atoms with Crippen molar-refractivity contribution in [3.63, 3.8) is 0 Å². The molecule has 2 aliphatic carbocycles. The fourth-order valence-electron chi connectivity index (χ4n) is 5.08. The number of fused-ring (bicyclic) bond motifs is 3. The second kappa shape index (κ2) is 6.43. The maximum Gasteiger partial charge on any atom is 0.274 e. The summed E-state index contributed by atoms with van der Waals surface area (Å²) in [6.45, 7) is 2.23. The lowest BCUT2D eigenvalue weighted by atomic mass is 9.76. The summed E-state index contributed by atoms with van der Waals surface area (Å²) in [6, 6.07) is 7.26. The number of benzene rings is 2. The van der Waals surface area contributed by atoms with Gasteiger partial charge in [0.05, 0.1) is 0 Å². The molecule has 2 atom stereocenters. The lowest BCUT2D eigenvalue weighted by Gasteiger charge is -2.29. The highest BCUT2D eigenvalue weighted by Gasteiger charge is 2.74. The van der Waals surface area contributed by atoms with Gasteiger partial charge in [-0.1, -0.05) is 37.6 Å². The van der Waals surface area contributed by atoms with Crippen molar-refractivity contribution >= 4 is 6.08 Å². The molecule has 0 aromatic heterocycles. The Kier molecular flexibility index (Phi) is 4.18. The first kappa shape index (κ1) is 18.9. The van der Waals surface area contributed by atoms with Crippen molar-refractivity contribution in [3.05, 3.63) is 76.1 Å². The molecular formula is C24H22F4O. The van der Waals surface area contributed by atoms with Gasteiger partial charge in [0, 0.05) is 11.1 Å².